The topological polar surface area (TPSA) is 55.1 Å². The molecule has 1 aromatic rings. The van der Waals surface area contributed by atoms with Gasteiger partial charge in [0.1, 0.15) is 0 Å². The van der Waals surface area contributed by atoms with E-state index in [1.165, 1.54) is 6.39 Å². The number of oxazole rings is 1. The number of carbonyl (C=O) groups excluding carboxylic acids is 1. The Bertz CT molecular complexity index is 310. The van der Waals surface area contributed by atoms with Crippen molar-refractivity contribution >= 4 is 5.91 Å². The number of nitrogens with one attached hydrogen (secondary N) is 1. The molecule has 0 atom stereocenters. The van der Waals surface area contributed by atoms with Crippen molar-refractivity contribution in [2.24, 2.45) is 0 Å². The summed E-state index contributed by atoms with van der Waals surface area (Å²) in [5, 5.41) is 2.79. The van der Waals surface area contributed by atoms with Gasteiger partial charge in [0.2, 0.25) is 5.76 Å². The van der Waals surface area contributed by atoms with Gasteiger partial charge in [-0.15, -0.1) is 0 Å². The summed E-state index contributed by atoms with van der Waals surface area (Å²) < 4.78 is 4.95. The average molecular weight is 182 g/mol. The molecule has 13 heavy (non-hydrogen) atoms. The molecule has 0 saturated carbocycles. The largest absolute Gasteiger partial charge is 0.438 e. The molecule has 72 valence electrons. The van der Waals surface area contributed by atoms with Gasteiger partial charge in [-0.1, -0.05) is 0 Å². The van der Waals surface area contributed by atoms with Gasteiger partial charge in [0, 0.05) is 5.54 Å². The Kier molecular flexibility index (Phi) is 2.40. The lowest BCUT2D eigenvalue weighted by atomic mass is 10.1. The fourth-order valence-electron chi connectivity index (χ4n) is 0.917. The van der Waals surface area contributed by atoms with E-state index in [1.807, 2.05) is 20.8 Å². The second kappa shape index (κ2) is 3.20. The molecule has 0 bridgehead atoms. The molecule has 0 saturated heterocycles. The van der Waals surface area contributed by atoms with Crippen LogP contribution in [0, 0.1) is 6.92 Å². The molecule has 1 aromatic heterocycles. The van der Waals surface area contributed by atoms with Crippen molar-refractivity contribution < 1.29 is 9.21 Å². The molecular formula is C9H14N2O2. The minimum absolute atomic E-state index is 0.220. The van der Waals surface area contributed by atoms with Crippen LogP contribution in [0.2, 0.25) is 0 Å². The van der Waals surface area contributed by atoms with E-state index in [4.69, 9.17) is 4.42 Å². The monoisotopic (exact) mass is 182 g/mol. The van der Waals surface area contributed by atoms with Gasteiger partial charge in [0.05, 0.1) is 5.69 Å². The third-order valence-electron chi connectivity index (χ3n) is 1.44. The lowest BCUT2D eigenvalue weighted by Gasteiger charge is -2.19. The molecule has 0 fully saturated rings. The van der Waals surface area contributed by atoms with Crippen molar-refractivity contribution in [3.63, 3.8) is 0 Å². The van der Waals surface area contributed by atoms with Crippen LogP contribution in [0.25, 0.3) is 0 Å². The van der Waals surface area contributed by atoms with E-state index in [-0.39, 0.29) is 17.2 Å². The first-order valence-corrected chi connectivity index (χ1v) is 4.13. The Hall–Kier alpha value is -1.32. The predicted octanol–water partition coefficient (Wildman–Crippen LogP) is 1.51. The van der Waals surface area contributed by atoms with Crippen molar-refractivity contribution in [1.29, 1.82) is 0 Å². The van der Waals surface area contributed by atoms with Gasteiger partial charge in [-0.2, -0.15) is 0 Å². The highest BCUT2D eigenvalue weighted by atomic mass is 16.3. The van der Waals surface area contributed by atoms with Gasteiger partial charge < -0.3 is 9.73 Å². The molecule has 0 aliphatic carbocycles. The van der Waals surface area contributed by atoms with Crippen LogP contribution < -0.4 is 5.32 Å². The zero-order chi connectivity index (χ0) is 10.1. The van der Waals surface area contributed by atoms with Crippen LogP contribution in [0.4, 0.5) is 0 Å². The van der Waals surface area contributed by atoms with E-state index >= 15 is 0 Å². The third kappa shape index (κ3) is 2.57. The molecule has 1 N–H and O–H groups in total. The van der Waals surface area contributed by atoms with Crippen LogP contribution in [0.3, 0.4) is 0 Å². The summed E-state index contributed by atoms with van der Waals surface area (Å²) in [4.78, 5) is 15.3. The number of aryl methyl sites for hydroxylation is 1. The molecule has 0 spiro atoms. The van der Waals surface area contributed by atoms with Gasteiger partial charge >= 0.3 is 0 Å². The van der Waals surface area contributed by atoms with Gasteiger partial charge in [0.25, 0.3) is 5.91 Å². The first-order valence-electron chi connectivity index (χ1n) is 4.13. The molecule has 0 aliphatic heterocycles. The molecule has 0 aliphatic rings. The number of rotatable bonds is 1. The summed E-state index contributed by atoms with van der Waals surface area (Å²) in [7, 11) is 0. The number of hydrogen-bond donors (Lipinski definition) is 1. The van der Waals surface area contributed by atoms with E-state index in [0.29, 0.717) is 5.69 Å². The van der Waals surface area contributed by atoms with E-state index in [0.717, 1.165) is 0 Å². The minimum atomic E-state index is -0.254. The summed E-state index contributed by atoms with van der Waals surface area (Å²) in [5.41, 5.74) is 0.359. The van der Waals surface area contributed by atoms with Gasteiger partial charge in [-0.3, -0.25) is 4.79 Å². The highest BCUT2D eigenvalue weighted by molar-refractivity contribution is 5.92. The van der Waals surface area contributed by atoms with Gasteiger partial charge in [0.15, 0.2) is 6.39 Å². The second-order valence-corrected chi connectivity index (χ2v) is 3.97. The average Bonchev–Trinajstić information content (AvgIpc) is 2.30. The molecule has 0 radical (unpaired) electrons. The Morgan fingerprint density at radius 2 is 2.15 bits per heavy atom. The maximum atomic E-state index is 11.5. The highest BCUT2D eigenvalue weighted by Gasteiger charge is 2.19. The van der Waals surface area contributed by atoms with Crippen LogP contribution >= 0.6 is 0 Å². The fourth-order valence-corrected chi connectivity index (χ4v) is 0.917. The molecule has 0 unspecified atom stereocenters. The quantitative estimate of drug-likeness (QED) is 0.716. The summed E-state index contributed by atoms with van der Waals surface area (Å²) in [6.07, 6.45) is 1.27. The van der Waals surface area contributed by atoms with E-state index in [1.54, 1.807) is 6.92 Å². The van der Waals surface area contributed by atoms with E-state index < -0.39 is 0 Å². The first-order chi connectivity index (χ1) is 5.90. The van der Waals surface area contributed by atoms with Crippen LogP contribution in [0.1, 0.15) is 37.0 Å². The number of carbonyl (C=O) groups is 1. The van der Waals surface area contributed by atoms with E-state index in [2.05, 4.69) is 10.3 Å². The Morgan fingerprint density at radius 1 is 1.54 bits per heavy atom. The smallest absolute Gasteiger partial charge is 0.289 e. The maximum Gasteiger partial charge on any atom is 0.289 e. The Morgan fingerprint density at radius 3 is 2.54 bits per heavy atom. The van der Waals surface area contributed by atoms with Crippen molar-refractivity contribution in [1.82, 2.24) is 10.3 Å². The molecule has 1 rings (SSSR count). The van der Waals surface area contributed by atoms with Crippen molar-refractivity contribution in [2.75, 3.05) is 0 Å². The maximum absolute atomic E-state index is 11.5. The molecule has 0 aromatic carbocycles. The summed E-state index contributed by atoms with van der Waals surface area (Å²) in [6, 6.07) is 0. The Balaban J connectivity index is 2.76. The van der Waals surface area contributed by atoms with E-state index in [9.17, 15) is 4.79 Å². The molecule has 4 nitrogen and oxygen atoms in total. The summed E-state index contributed by atoms with van der Waals surface area (Å²) >= 11 is 0. The van der Waals surface area contributed by atoms with Crippen LogP contribution in [-0.4, -0.2) is 16.4 Å². The van der Waals surface area contributed by atoms with Gasteiger partial charge in [-0.25, -0.2) is 4.98 Å². The Labute approximate surface area is 77.3 Å². The van der Waals surface area contributed by atoms with Crippen molar-refractivity contribution in [3.8, 4) is 0 Å². The molecular weight excluding hydrogens is 168 g/mol. The number of aromatic nitrogens is 1. The zero-order valence-corrected chi connectivity index (χ0v) is 8.34. The lowest BCUT2D eigenvalue weighted by molar-refractivity contribution is 0.0890. The summed E-state index contributed by atoms with van der Waals surface area (Å²) in [6.45, 7) is 7.48. The number of hydrogen-bond acceptors (Lipinski definition) is 3. The SMILES string of the molecule is Cc1ncoc1C(=O)NC(C)(C)C. The van der Waals surface area contributed by atoms with Gasteiger partial charge in [-0.05, 0) is 27.7 Å². The minimum Gasteiger partial charge on any atom is -0.438 e. The first kappa shape index (κ1) is 9.77. The molecule has 1 heterocycles. The normalized spacial score (nSPS) is 11.4. The van der Waals surface area contributed by atoms with Crippen LogP contribution in [0.15, 0.2) is 10.8 Å². The molecule has 1 amide bonds. The van der Waals surface area contributed by atoms with Crippen molar-refractivity contribution in [3.05, 3.63) is 17.8 Å². The third-order valence-corrected chi connectivity index (χ3v) is 1.44. The second-order valence-electron chi connectivity index (χ2n) is 3.97. The lowest BCUT2D eigenvalue weighted by Crippen LogP contribution is -2.40. The molecule has 4 heteroatoms. The van der Waals surface area contributed by atoms with Crippen molar-refractivity contribution in [2.45, 2.75) is 33.2 Å². The van der Waals surface area contributed by atoms with Crippen LogP contribution in [0.5, 0.6) is 0 Å². The zero-order valence-electron chi connectivity index (χ0n) is 8.34. The standard InChI is InChI=1S/C9H14N2O2/c1-6-7(13-5-10-6)8(12)11-9(2,3)4/h5H,1-4H3,(H,11,12). The predicted molar refractivity (Wildman–Crippen MR) is 48.5 cm³/mol. The number of amides is 1. The summed E-state index contributed by atoms with van der Waals surface area (Å²) in [5.74, 6) is 0.0671. The highest BCUT2D eigenvalue weighted by Crippen LogP contribution is 2.07. The van der Waals surface area contributed by atoms with Crippen LogP contribution in [-0.2, 0) is 0 Å². The number of nitrogens with zero attached hydrogens (tertiary/aromatic N) is 1. The fraction of sp³-hybridized carbons (Fsp3) is 0.556.